The fourth-order valence-electron chi connectivity index (χ4n) is 2.77. The summed E-state index contributed by atoms with van der Waals surface area (Å²) in [4.78, 5) is 32.7. The highest BCUT2D eigenvalue weighted by Gasteiger charge is 2.16. The van der Waals surface area contributed by atoms with Gasteiger partial charge in [0, 0.05) is 12.3 Å². The lowest BCUT2D eigenvalue weighted by Crippen LogP contribution is -2.33. The molecule has 0 unspecified atom stereocenters. The van der Waals surface area contributed by atoms with Gasteiger partial charge in [-0.1, -0.05) is 30.3 Å². The second kappa shape index (κ2) is 9.04. The third-order valence-electron chi connectivity index (χ3n) is 4.23. The lowest BCUT2D eigenvalue weighted by atomic mass is 10.2. The van der Waals surface area contributed by atoms with Crippen LogP contribution in [0.1, 0.15) is 16.1 Å². The lowest BCUT2D eigenvalue weighted by Gasteiger charge is -2.10. The van der Waals surface area contributed by atoms with Crippen molar-refractivity contribution in [3.63, 3.8) is 0 Å². The predicted octanol–water partition coefficient (Wildman–Crippen LogP) is 3.31. The Morgan fingerprint density at radius 3 is 2.74 bits per heavy atom. The second-order valence-electron chi connectivity index (χ2n) is 6.49. The van der Waals surface area contributed by atoms with Gasteiger partial charge in [0.05, 0.1) is 6.54 Å². The molecular weight excluding hydrogens is 403 g/mol. The van der Waals surface area contributed by atoms with Crippen LogP contribution >= 0.6 is 0 Å². The number of hydrogen-bond donors (Lipinski definition) is 2. The van der Waals surface area contributed by atoms with Crippen molar-refractivity contribution in [2.24, 2.45) is 0 Å². The van der Waals surface area contributed by atoms with Crippen LogP contribution in [0.5, 0.6) is 5.75 Å². The van der Waals surface area contributed by atoms with Gasteiger partial charge in [-0.3, -0.25) is 14.9 Å². The Hall–Kier alpha value is -4.27. The summed E-state index contributed by atoms with van der Waals surface area (Å²) in [5.41, 5.74) is 1.60. The van der Waals surface area contributed by atoms with Gasteiger partial charge in [-0.05, 0) is 29.8 Å². The summed E-state index contributed by atoms with van der Waals surface area (Å²) in [6, 6.07) is 16.5. The molecular formula is C22H17FN4O4. The van der Waals surface area contributed by atoms with Crippen molar-refractivity contribution in [3.8, 4) is 5.75 Å². The van der Waals surface area contributed by atoms with Gasteiger partial charge in [0.1, 0.15) is 17.9 Å². The van der Waals surface area contributed by atoms with E-state index in [4.69, 9.17) is 9.15 Å². The zero-order valence-electron chi connectivity index (χ0n) is 16.2. The van der Waals surface area contributed by atoms with E-state index in [2.05, 4.69) is 20.6 Å². The Morgan fingerprint density at radius 2 is 1.90 bits per heavy atom. The van der Waals surface area contributed by atoms with Crippen LogP contribution in [0.3, 0.4) is 0 Å². The highest BCUT2D eigenvalue weighted by molar-refractivity contribution is 5.99. The van der Waals surface area contributed by atoms with Crippen LogP contribution in [0.4, 0.5) is 10.4 Å². The van der Waals surface area contributed by atoms with E-state index in [1.807, 2.05) is 30.3 Å². The number of benzene rings is 2. The van der Waals surface area contributed by atoms with Crippen molar-refractivity contribution < 1.29 is 23.1 Å². The molecule has 0 saturated carbocycles. The van der Waals surface area contributed by atoms with E-state index in [1.54, 1.807) is 12.1 Å². The van der Waals surface area contributed by atoms with E-state index < -0.39 is 17.6 Å². The second-order valence-corrected chi connectivity index (χ2v) is 6.49. The van der Waals surface area contributed by atoms with Crippen LogP contribution in [0, 0.1) is 5.82 Å². The minimum atomic E-state index is -0.571. The molecule has 0 bridgehead atoms. The van der Waals surface area contributed by atoms with E-state index in [9.17, 15) is 14.0 Å². The molecule has 0 radical (unpaired) electrons. The molecule has 4 rings (SSSR count). The number of halogens is 1. The summed E-state index contributed by atoms with van der Waals surface area (Å²) < 4.78 is 24.3. The average molecular weight is 420 g/mol. The highest BCUT2D eigenvalue weighted by atomic mass is 19.1. The highest BCUT2D eigenvalue weighted by Crippen LogP contribution is 2.20. The van der Waals surface area contributed by atoms with Crippen LogP contribution in [0.15, 0.2) is 71.3 Å². The van der Waals surface area contributed by atoms with Crippen molar-refractivity contribution >= 4 is 28.9 Å². The number of nitrogens with zero attached hydrogens (tertiary/aromatic N) is 2. The summed E-state index contributed by atoms with van der Waals surface area (Å²) in [5.74, 6) is -1.31. The number of amides is 2. The fourth-order valence-corrected chi connectivity index (χ4v) is 2.77. The summed E-state index contributed by atoms with van der Waals surface area (Å²) in [7, 11) is 0. The Labute approximate surface area is 176 Å². The van der Waals surface area contributed by atoms with E-state index in [-0.39, 0.29) is 30.4 Å². The fraction of sp³-hybridized carbons (Fsp3) is 0.0909. The normalized spacial score (nSPS) is 10.6. The Bertz CT molecular complexity index is 1230. The minimum Gasteiger partial charge on any atom is -0.486 e. The predicted molar refractivity (Wildman–Crippen MR) is 110 cm³/mol. The first-order valence-corrected chi connectivity index (χ1v) is 9.34. The number of carbonyl (C=O) groups excluding carboxylic acids is 2. The molecule has 2 heterocycles. The Balaban J connectivity index is 1.35. The maximum Gasteiger partial charge on any atom is 0.302 e. The number of nitrogens with one attached hydrogen (secondary N) is 2. The van der Waals surface area contributed by atoms with Gasteiger partial charge in [-0.25, -0.2) is 9.37 Å². The van der Waals surface area contributed by atoms with Crippen LogP contribution in [-0.4, -0.2) is 28.3 Å². The summed E-state index contributed by atoms with van der Waals surface area (Å²) in [6.07, 6.45) is 1.46. The summed E-state index contributed by atoms with van der Waals surface area (Å²) in [5, 5.41) is 4.89. The first kappa shape index (κ1) is 20.0. The molecule has 2 aromatic carbocycles. The van der Waals surface area contributed by atoms with Crippen molar-refractivity contribution in [1.29, 1.82) is 0 Å². The lowest BCUT2D eigenvalue weighted by molar-refractivity contribution is -0.115. The van der Waals surface area contributed by atoms with Crippen LogP contribution in [0.2, 0.25) is 0 Å². The maximum atomic E-state index is 13.2. The standard InChI is InChI=1S/C22H17FN4O4/c23-15-8-9-17-16(11-15)26-22(31-17)27-19(28)12-25-21(29)20-18(7-4-10-24-20)30-13-14-5-2-1-3-6-14/h1-11H,12-13H2,(H,25,29)(H,26,27,28). The Kier molecular flexibility index (Phi) is 5.84. The first-order chi connectivity index (χ1) is 15.1. The molecule has 0 saturated heterocycles. The van der Waals surface area contributed by atoms with E-state index in [0.29, 0.717) is 11.3 Å². The number of oxazole rings is 1. The van der Waals surface area contributed by atoms with E-state index >= 15 is 0 Å². The number of pyridine rings is 1. The average Bonchev–Trinajstić information content (AvgIpc) is 3.18. The quantitative estimate of drug-likeness (QED) is 0.475. The molecule has 4 aromatic rings. The number of carbonyl (C=O) groups is 2. The zero-order chi connectivity index (χ0) is 21.6. The third-order valence-corrected chi connectivity index (χ3v) is 4.23. The Morgan fingerprint density at radius 1 is 1.06 bits per heavy atom. The largest absolute Gasteiger partial charge is 0.486 e. The van der Waals surface area contributed by atoms with Crippen LogP contribution < -0.4 is 15.4 Å². The molecule has 2 N–H and O–H groups in total. The molecule has 0 aliphatic rings. The van der Waals surface area contributed by atoms with Crippen molar-refractivity contribution in [2.45, 2.75) is 6.61 Å². The molecule has 8 nitrogen and oxygen atoms in total. The smallest absolute Gasteiger partial charge is 0.302 e. The molecule has 0 spiro atoms. The number of ether oxygens (including phenoxy) is 1. The van der Waals surface area contributed by atoms with Gasteiger partial charge in [-0.15, -0.1) is 0 Å². The van der Waals surface area contributed by atoms with Gasteiger partial charge in [0.2, 0.25) is 5.91 Å². The number of hydrogen-bond acceptors (Lipinski definition) is 6. The molecule has 156 valence electrons. The van der Waals surface area contributed by atoms with Gasteiger partial charge in [0.15, 0.2) is 17.0 Å². The molecule has 0 fully saturated rings. The first-order valence-electron chi connectivity index (χ1n) is 9.34. The van der Waals surface area contributed by atoms with Crippen LogP contribution in [-0.2, 0) is 11.4 Å². The van der Waals surface area contributed by atoms with Gasteiger partial charge in [0.25, 0.3) is 5.91 Å². The molecule has 2 aromatic heterocycles. The number of anilines is 1. The minimum absolute atomic E-state index is 0.0589. The zero-order valence-corrected chi connectivity index (χ0v) is 16.2. The number of rotatable bonds is 7. The molecule has 0 atom stereocenters. The van der Waals surface area contributed by atoms with Crippen molar-refractivity contribution in [1.82, 2.24) is 15.3 Å². The third kappa shape index (κ3) is 5.02. The van der Waals surface area contributed by atoms with Crippen LogP contribution in [0.25, 0.3) is 11.1 Å². The van der Waals surface area contributed by atoms with Crippen molar-refractivity contribution in [2.75, 3.05) is 11.9 Å². The topological polar surface area (TPSA) is 106 Å². The number of fused-ring (bicyclic) bond motifs is 1. The monoisotopic (exact) mass is 420 g/mol. The van der Waals surface area contributed by atoms with Gasteiger partial charge in [-0.2, -0.15) is 4.98 Å². The molecule has 0 aliphatic carbocycles. The van der Waals surface area contributed by atoms with Gasteiger partial charge >= 0.3 is 6.01 Å². The van der Waals surface area contributed by atoms with E-state index in [0.717, 1.165) is 5.56 Å². The van der Waals surface area contributed by atoms with Gasteiger partial charge < -0.3 is 14.5 Å². The number of aromatic nitrogens is 2. The molecule has 0 aliphatic heterocycles. The van der Waals surface area contributed by atoms with Crippen molar-refractivity contribution in [3.05, 3.63) is 83.9 Å². The van der Waals surface area contributed by atoms with E-state index in [1.165, 1.54) is 24.4 Å². The summed E-state index contributed by atoms with van der Waals surface area (Å²) in [6.45, 7) is -0.0771. The molecule has 2 amide bonds. The molecule has 9 heteroatoms. The maximum absolute atomic E-state index is 13.2. The summed E-state index contributed by atoms with van der Waals surface area (Å²) >= 11 is 0. The SMILES string of the molecule is O=C(CNC(=O)c1ncccc1OCc1ccccc1)Nc1nc2cc(F)ccc2o1. The molecule has 31 heavy (non-hydrogen) atoms.